The number of rotatable bonds is 9. The zero-order chi connectivity index (χ0) is 19.9. The molecule has 0 aliphatic carbocycles. The Morgan fingerprint density at radius 2 is 1.85 bits per heavy atom. The maximum Gasteiger partial charge on any atom is 0.338 e. The number of nitrogens with zero attached hydrogens (tertiary/aromatic N) is 1. The van der Waals surface area contributed by atoms with E-state index >= 15 is 0 Å². The van der Waals surface area contributed by atoms with E-state index in [1.54, 1.807) is 13.8 Å². The van der Waals surface area contributed by atoms with E-state index in [9.17, 15) is 18.0 Å². The predicted molar refractivity (Wildman–Crippen MR) is 103 cm³/mol. The number of nitrogens with one attached hydrogen (secondary N) is 1. The Bertz CT molecular complexity index is 862. The maximum atomic E-state index is 12.8. The number of hydrogen-bond acceptors (Lipinski definition) is 6. The van der Waals surface area contributed by atoms with E-state index in [0.717, 1.165) is 9.18 Å². The molecule has 1 aromatic carbocycles. The van der Waals surface area contributed by atoms with Gasteiger partial charge in [0.25, 0.3) is 0 Å². The molecule has 146 valence electrons. The lowest BCUT2D eigenvalue weighted by Crippen LogP contribution is -2.40. The number of hydrogen-bond donors (Lipinski definition) is 1. The zero-order valence-electron chi connectivity index (χ0n) is 15.2. The molecule has 1 N–H and O–H groups in total. The van der Waals surface area contributed by atoms with Gasteiger partial charge in [-0.15, -0.1) is 11.3 Å². The van der Waals surface area contributed by atoms with Crippen molar-refractivity contribution in [1.29, 1.82) is 0 Å². The molecule has 7 nitrogen and oxygen atoms in total. The number of benzene rings is 1. The van der Waals surface area contributed by atoms with Crippen LogP contribution in [0.5, 0.6) is 0 Å². The Balaban J connectivity index is 2.05. The van der Waals surface area contributed by atoms with Crippen LogP contribution in [-0.4, -0.2) is 44.3 Å². The summed E-state index contributed by atoms with van der Waals surface area (Å²) in [6.45, 7) is 3.83. The van der Waals surface area contributed by atoms with Crippen LogP contribution in [0.1, 0.15) is 29.1 Å². The fraction of sp³-hybridized carbons (Fsp3) is 0.333. The first kappa shape index (κ1) is 21.1. The molecule has 0 spiro atoms. The van der Waals surface area contributed by atoms with E-state index < -0.39 is 16.0 Å². The van der Waals surface area contributed by atoms with Crippen molar-refractivity contribution in [2.75, 3.05) is 19.7 Å². The third-order valence-corrected chi connectivity index (χ3v) is 6.53. The van der Waals surface area contributed by atoms with Crippen LogP contribution < -0.4 is 5.32 Å². The summed E-state index contributed by atoms with van der Waals surface area (Å²) in [6, 6.07) is 9.26. The van der Waals surface area contributed by atoms with E-state index in [2.05, 4.69) is 5.32 Å². The van der Waals surface area contributed by atoms with Gasteiger partial charge in [-0.2, -0.15) is 4.31 Å². The number of amides is 1. The molecule has 1 heterocycles. The van der Waals surface area contributed by atoms with E-state index in [1.807, 2.05) is 17.5 Å². The van der Waals surface area contributed by atoms with Crippen LogP contribution in [0, 0.1) is 0 Å². The van der Waals surface area contributed by atoms with Crippen LogP contribution in [0.2, 0.25) is 0 Å². The van der Waals surface area contributed by atoms with Crippen LogP contribution in [0.25, 0.3) is 0 Å². The van der Waals surface area contributed by atoms with Gasteiger partial charge >= 0.3 is 5.97 Å². The first-order chi connectivity index (χ1) is 12.9. The molecule has 1 amide bonds. The van der Waals surface area contributed by atoms with E-state index in [0.29, 0.717) is 6.54 Å². The number of sulfonamides is 1. The molecule has 1 aromatic heterocycles. The van der Waals surface area contributed by atoms with Crippen molar-refractivity contribution in [2.24, 2.45) is 0 Å². The van der Waals surface area contributed by atoms with Crippen LogP contribution >= 0.6 is 11.3 Å². The highest BCUT2D eigenvalue weighted by atomic mass is 32.2. The lowest BCUT2D eigenvalue weighted by Gasteiger charge is -2.20. The second kappa shape index (κ2) is 9.63. The van der Waals surface area contributed by atoms with E-state index in [-0.39, 0.29) is 36.1 Å². The summed E-state index contributed by atoms with van der Waals surface area (Å²) >= 11 is 1.51. The van der Waals surface area contributed by atoms with Gasteiger partial charge in [-0.05, 0) is 42.6 Å². The fourth-order valence-corrected chi connectivity index (χ4v) is 4.36. The van der Waals surface area contributed by atoms with Crippen molar-refractivity contribution >= 4 is 33.2 Å². The lowest BCUT2D eigenvalue weighted by atomic mass is 10.2. The van der Waals surface area contributed by atoms with Gasteiger partial charge in [-0.25, -0.2) is 13.2 Å². The van der Waals surface area contributed by atoms with Gasteiger partial charge in [0, 0.05) is 11.4 Å². The molecule has 27 heavy (non-hydrogen) atoms. The summed E-state index contributed by atoms with van der Waals surface area (Å²) < 4.78 is 31.5. The fourth-order valence-electron chi connectivity index (χ4n) is 2.31. The molecule has 0 saturated heterocycles. The topological polar surface area (TPSA) is 92.8 Å². The third-order valence-electron chi connectivity index (χ3n) is 3.72. The van der Waals surface area contributed by atoms with Crippen molar-refractivity contribution in [3.05, 3.63) is 52.2 Å². The second-order valence-electron chi connectivity index (χ2n) is 5.53. The van der Waals surface area contributed by atoms with E-state index in [4.69, 9.17) is 4.74 Å². The quantitative estimate of drug-likeness (QED) is 0.640. The molecular formula is C18H22N2O5S2. The number of carbonyl (C=O) groups excluding carboxylic acids is 2. The molecule has 0 fully saturated rings. The Hall–Kier alpha value is -2.23. The van der Waals surface area contributed by atoms with Crippen LogP contribution in [0.4, 0.5) is 0 Å². The first-order valence-corrected chi connectivity index (χ1v) is 10.8. The van der Waals surface area contributed by atoms with Gasteiger partial charge in [0.15, 0.2) is 0 Å². The summed E-state index contributed by atoms with van der Waals surface area (Å²) in [4.78, 5) is 24.8. The highest BCUT2D eigenvalue weighted by Gasteiger charge is 2.25. The SMILES string of the molecule is CCOC(=O)c1ccc(S(=O)(=O)N(CC)CC(=O)NCc2cccs2)cc1. The lowest BCUT2D eigenvalue weighted by molar-refractivity contribution is -0.121. The Kier molecular flexibility index (Phi) is 7.52. The van der Waals surface area contributed by atoms with Gasteiger partial charge in [0.1, 0.15) is 0 Å². The van der Waals surface area contributed by atoms with Crippen molar-refractivity contribution in [2.45, 2.75) is 25.3 Å². The summed E-state index contributed by atoms with van der Waals surface area (Å²) in [5.74, 6) is -0.890. The molecule has 0 saturated carbocycles. The minimum Gasteiger partial charge on any atom is -0.462 e. The average Bonchev–Trinajstić information content (AvgIpc) is 3.18. The third kappa shape index (κ3) is 5.62. The van der Waals surface area contributed by atoms with Crippen molar-refractivity contribution in [3.8, 4) is 0 Å². The number of likely N-dealkylation sites (N-methyl/N-ethyl adjacent to an activating group) is 1. The molecule has 0 aliphatic heterocycles. The monoisotopic (exact) mass is 410 g/mol. The minimum atomic E-state index is -3.85. The van der Waals surface area contributed by atoms with Crippen molar-refractivity contribution in [1.82, 2.24) is 9.62 Å². The van der Waals surface area contributed by atoms with Gasteiger partial charge in [0.2, 0.25) is 15.9 Å². The molecule has 0 aliphatic rings. The number of ether oxygens (including phenoxy) is 1. The molecule has 0 unspecified atom stereocenters. The maximum absolute atomic E-state index is 12.8. The van der Waals surface area contributed by atoms with Gasteiger partial charge in [-0.3, -0.25) is 4.79 Å². The predicted octanol–water partition coefficient (Wildman–Crippen LogP) is 2.25. The van der Waals surface area contributed by atoms with Crippen LogP contribution in [0.15, 0.2) is 46.7 Å². The Labute approximate surface area is 163 Å². The number of thiophene rings is 1. The molecule has 2 aromatic rings. The normalized spacial score (nSPS) is 11.4. The van der Waals surface area contributed by atoms with Gasteiger partial charge in [-0.1, -0.05) is 13.0 Å². The largest absolute Gasteiger partial charge is 0.462 e. The zero-order valence-corrected chi connectivity index (χ0v) is 16.8. The standard InChI is InChI=1S/C18H22N2O5S2/c1-3-20(13-17(21)19-12-15-6-5-11-26-15)27(23,24)16-9-7-14(8-10-16)18(22)25-4-2/h5-11H,3-4,12-13H2,1-2H3,(H,19,21). The molecule has 0 atom stereocenters. The molecule has 2 rings (SSSR count). The highest BCUT2D eigenvalue weighted by molar-refractivity contribution is 7.89. The van der Waals surface area contributed by atoms with Crippen molar-refractivity contribution in [3.63, 3.8) is 0 Å². The Morgan fingerprint density at radius 3 is 2.41 bits per heavy atom. The summed E-state index contributed by atoms with van der Waals surface area (Å²) in [6.07, 6.45) is 0. The highest BCUT2D eigenvalue weighted by Crippen LogP contribution is 2.17. The summed E-state index contributed by atoms with van der Waals surface area (Å²) in [5.41, 5.74) is 0.271. The molecular weight excluding hydrogens is 388 g/mol. The minimum absolute atomic E-state index is 0.0171. The summed E-state index contributed by atoms with van der Waals surface area (Å²) in [5, 5.41) is 4.62. The smallest absolute Gasteiger partial charge is 0.338 e. The van der Waals surface area contributed by atoms with E-state index in [1.165, 1.54) is 35.6 Å². The van der Waals surface area contributed by atoms with Gasteiger partial charge < -0.3 is 10.1 Å². The average molecular weight is 411 g/mol. The molecule has 0 radical (unpaired) electrons. The number of esters is 1. The first-order valence-electron chi connectivity index (χ1n) is 8.44. The van der Waals surface area contributed by atoms with Crippen LogP contribution in [0.3, 0.4) is 0 Å². The Morgan fingerprint density at radius 1 is 1.15 bits per heavy atom. The van der Waals surface area contributed by atoms with Crippen molar-refractivity contribution < 1.29 is 22.7 Å². The van der Waals surface area contributed by atoms with Gasteiger partial charge in [0.05, 0.1) is 30.2 Å². The second-order valence-corrected chi connectivity index (χ2v) is 8.50. The molecule has 0 bridgehead atoms. The molecule has 9 heteroatoms. The van der Waals surface area contributed by atoms with Crippen LogP contribution in [-0.2, 0) is 26.1 Å². The number of carbonyl (C=O) groups is 2. The summed E-state index contributed by atoms with van der Waals surface area (Å²) in [7, 11) is -3.85.